The highest BCUT2D eigenvalue weighted by Crippen LogP contribution is 2.34. The van der Waals surface area contributed by atoms with E-state index in [1.54, 1.807) is 0 Å². The minimum absolute atomic E-state index is 0.206. The maximum atomic E-state index is 6.23. The molecule has 0 aromatic heterocycles. The summed E-state index contributed by atoms with van der Waals surface area (Å²) in [6, 6.07) is 5.71. The van der Waals surface area contributed by atoms with Crippen LogP contribution in [0.2, 0.25) is 10.0 Å². The Kier molecular flexibility index (Phi) is 5.78. The molecule has 1 unspecified atom stereocenters. The van der Waals surface area contributed by atoms with Gasteiger partial charge in [0.05, 0.1) is 0 Å². The minimum Gasteiger partial charge on any atom is -0.319 e. The number of nitrogens with one attached hydrogen (secondary N) is 1. The summed E-state index contributed by atoms with van der Waals surface area (Å²) in [7, 11) is 1.99. The summed E-state index contributed by atoms with van der Waals surface area (Å²) in [5.74, 6) is 0. The second-order valence-corrected chi connectivity index (χ2v) is 5.78. The van der Waals surface area contributed by atoms with Crippen LogP contribution in [0.25, 0.3) is 0 Å². The van der Waals surface area contributed by atoms with E-state index in [9.17, 15) is 0 Å². The van der Waals surface area contributed by atoms with Gasteiger partial charge in [0.2, 0.25) is 0 Å². The van der Waals surface area contributed by atoms with Gasteiger partial charge in [-0.15, -0.1) is 0 Å². The lowest BCUT2D eigenvalue weighted by Crippen LogP contribution is -2.32. The van der Waals surface area contributed by atoms with E-state index in [-0.39, 0.29) is 5.41 Å². The highest BCUT2D eigenvalue weighted by molar-refractivity contribution is 6.36. The standard InChI is InChI=1S/C14H21Cl2N/c1-4-8-14(2,10-17-3)9-11-12(15)6-5-7-13(11)16/h5-7,17H,4,8-10H2,1-3H3. The molecule has 0 radical (unpaired) electrons. The molecule has 1 N–H and O–H groups in total. The van der Waals surface area contributed by atoms with Crippen molar-refractivity contribution in [1.82, 2.24) is 5.32 Å². The molecule has 1 atom stereocenters. The first-order valence-electron chi connectivity index (χ1n) is 6.10. The van der Waals surface area contributed by atoms with Crippen molar-refractivity contribution in [3.8, 4) is 0 Å². The van der Waals surface area contributed by atoms with Crippen molar-refractivity contribution in [2.75, 3.05) is 13.6 Å². The van der Waals surface area contributed by atoms with Crippen LogP contribution in [0.15, 0.2) is 18.2 Å². The quantitative estimate of drug-likeness (QED) is 0.801. The average Bonchev–Trinajstić information content (AvgIpc) is 2.24. The van der Waals surface area contributed by atoms with E-state index < -0.39 is 0 Å². The summed E-state index contributed by atoms with van der Waals surface area (Å²) in [5, 5.41) is 4.81. The number of rotatable bonds is 6. The molecule has 1 aromatic rings. The third kappa shape index (κ3) is 4.17. The van der Waals surface area contributed by atoms with Gasteiger partial charge in [0.15, 0.2) is 0 Å². The third-order valence-corrected chi connectivity index (χ3v) is 3.83. The predicted octanol–water partition coefficient (Wildman–Crippen LogP) is 4.56. The van der Waals surface area contributed by atoms with Crippen LogP contribution < -0.4 is 5.32 Å². The number of benzene rings is 1. The molecule has 1 aromatic carbocycles. The third-order valence-electron chi connectivity index (χ3n) is 3.12. The van der Waals surface area contributed by atoms with Crippen LogP contribution in [-0.2, 0) is 6.42 Å². The van der Waals surface area contributed by atoms with Crippen molar-refractivity contribution in [2.45, 2.75) is 33.1 Å². The first-order chi connectivity index (χ1) is 8.02. The highest BCUT2D eigenvalue weighted by Gasteiger charge is 2.25. The van der Waals surface area contributed by atoms with E-state index in [2.05, 4.69) is 19.2 Å². The fraction of sp³-hybridized carbons (Fsp3) is 0.571. The van der Waals surface area contributed by atoms with Crippen LogP contribution in [0.3, 0.4) is 0 Å². The molecule has 96 valence electrons. The zero-order valence-corrected chi connectivity index (χ0v) is 12.3. The lowest BCUT2D eigenvalue weighted by molar-refractivity contribution is 0.283. The van der Waals surface area contributed by atoms with E-state index in [1.165, 1.54) is 6.42 Å². The molecule has 3 heteroatoms. The lowest BCUT2D eigenvalue weighted by atomic mass is 9.79. The molecule has 0 saturated carbocycles. The van der Waals surface area contributed by atoms with Crippen LogP contribution >= 0.6 is 23.2 Å². The van der Waals surface area contributed by atoms with E-state index >= 15 is 0 Å². The van der Waals surface area contributed by atoms with Crippen molar-refractivity contribution in [2.24, 2.45) is 5.41 Å². The molecule has 0 heterocycles. The molecule has 0 aliphatic heterocycles. The van der Waals surface area contributed by atoms with Crippen molar-refractivity contribution < 1.29 is 0 Å². The fourth-order valence-electron chi connectivity index (χ4n) is 2.40. The number of halogens is 2. The topological polar surface area (TPSA) is 12.0 Å². The molecule has 1 rings (SSSR count). The minimum atomic E-state index is 0.206. The molecule has 0 spiro atoms. The van der Waals surface area contributed by atoms with Crippen molar-refractivity contribution in [3.05, 3.63) is 33.8 Å². The Hall–Kier alpha value is -0.240. The van der Waals surface area contributed by atoms with Gasteiger partial charge >= 0.3 is 0 Å². The van der Waals surface area contributed by atoms with Gasteiger partial charge in [-0.2, -0.15) is 0 Å². The van der Waals surface area contributed by atoms with Gasteiger partial charge in [-0.3, -0.25) is 0 Å². The Bertz CT molecular complexity index is 337. The zero-order valence-electron chi connectivity index (χ0n) is 10.8. The maximum absolute atomic E-state index is 6.23. The van der Waals surface area contributed by atoms with Gasteiger partial charge in [-0.05, 0) is 43.0 Å². The maximum Gasteiger partial charge on any atom is 0.0453 e. The summed E-state index contributed by atoms with van der Waals surface area (Å²) in [6.45, 7) is 5.47. The summed E-state index contributed by atoms with van der Waals surface area (Å²) in [5.41, 5.74) is 1.28. The van der Waals surface area contributed by atoms with Gasteiger partial charge < -0.3 is 5.32 Å². The van der Waals surface area contributed by atoms with E-state index in [1.807, 2.05) is 25.2 Å². The van der Waals surface area contributed by atoms with E-state index in [4.69, 9.17) is 23.2 Å². The van der Waals surface area contributed by atoms with Crippen molar-refractivity contribution in [3.63, 3.8) is 0 Å². The van der Waals surface area contributed by atoms with Crippen molar-refractivity contribution in [1.29, 1.82) is 0 Å². The molecular formula is C14H21Cl2N. The van der Waals surface area contributed by atoms with Crippen LogP contribution in [-0.4, -0.2) is 13.6 Å². The summed E-state index contributed by atoms with van der Waals surface area (Å²) in [4.78, 5) is 0. The predicted molar refractivity (Wildman–Crippen MR) is 77.1 cm³/mol. The van der Waals surface area contributed by atoms with Crippen LogP contribution in [0.5, 0.6) is 0 Å². The van der Waals surface area contributed by atoms with E-state index in [0.717, 1.165) is 35.0 Å². The van der Waals surface area contributed by atoms with Gasteiger partial charge in [0.25, 0.3) is 0 Å². The largest absolute Gasteiger partial charge is 0.319 e. The monoisotopic (exact) mass is 273 g/mol. The van der Waals surface area contributed by atoms with Crippen LogP contribution in [0, 0.1) is 5.41 Å². The summed E-state index contributed by atoms with van der Waals surface area (Å²) >= 11 is 12.5. The SMILES string of the molecule is CCCC(C)(CNC)Cc1c(Cl)cccc1Cl. The van der Waals surface area contributed by atoms with Crippen LogP contribution in [0.1, 0.15) is 32.3 Å². The van der Waals surface area contributed by atoms with Gasteiger partial charge in [-0.1, -0.05) is 49.5 Å². The molecule has 1 nitrogen and oxygen atoms in total. The summed E-state index contributed by atoms with van der Waals surface area (Å²) < 4.78 is 0. The first-order valence-corrected chi connectivity index (χ1v) is 6.85. The molecule has 17 heavy (non-hydrogen) atoms. The second-order valence-electron chi connectivity index (χ2n) is 4.97. The van der Waals surface area contributed by atoms with Gasteiger partial charge in [0, 0.05) is 16.6 Å². The first kappa shape index (κ1) is 14.8. The van der Waals surface area contributed by atoms with Crippen molar-refractivity contribution >= 4 is 23.2 Å². The molecule has 0 saturated heterocycles. The summed E-state index contributed by atoms with van der Waals surface area (Å²) in [6.07, 6.45) is 3.25. The Morgan fingerprint density at radius 3 is 2.29 bits per heavy atom. The Morgan fingerprint density at radius 1 is 1.24 bits per heavy atom. The Morgan fingerprint density at radius 2 is 1.82 bits per heavy atom. The van der Waals surface area contributed by atoms with E-state index in [0.29, 0.717) is 0 Å². The smallest absolute Gasteiger partial charge is 0.0453 e. The zero-order chi connectivity index (χ0) is 12.9. The molecular weight excluding hydrogens is 253 g/mol. The number of hydrogen-bond donors (Lipinski definition) is 1. The Balaban J connectivity index is 2.93. The van der Waals surface area contributed by atoms with Crippen LogP contribution in [0.4, 0.5) is 0 Å². The molecule has 0 amide bonds. The molecule has 0 fully saturated rings. The van der Waals surface area contributed by atoms with Gasteiger partial charge in [0.1, 0.15) is 0 Å². The number of hydrogen-bond acceptors (Lipinski definition) is 1. The second kappa shape index (κ2) is 6.63. The molecule has 0 aliphatic rings. The fourth-order valence-corrected chi connectivity index (χ4v) is 2.93. The Labute approximate surface area is 115 Å². The molecule has 0 aliphatic carbocycles. The normalized spacial score (nSPS) is 14.6. The van der Waals surface area contributed by atoms with Gasteiger partial charge in [-0.25, -0.2) is 0 Å². The average molecular weight is 274 g/mol. The highest BCUT2D eigenvalue weighted by atomic mass is 35.5. The lowest BCUT2D eigenvalue weighted by Gasteiger charge is -2.30. The molecule has 0 bridgehead atoms.